The van der Waals surface area contributed by atoms with Crippen molar-refractivity contribution in [2.45, 2.75) is 13.8 Å². The highest BCUT2D eigenvalue weighted by Gasteiger charge is 1.99. The first-order valence-corrected chi connectivity index (χ1v) is 4.63. The predicted octanol–water partition coefficient (Wildman–Crippen LogP) is 1.99. The van der Waals surface area contributed by atoms with E-state index in [1.807, 2.05) is 0 Å². The zero-order chi connectivity index (χ0) is 12.4. The molecule has 0 saturated carbocycles. The number of carboxylic acid groups (broad SMARTS) is 1. The molecule has 4 nitrogen and oxygen atoms in total. The van der Waals surface area contributed by atoms with E-state index in [0.29, 0.717) is 11.5 Å². The summed E-state index contributed by atoms with van der Waals surface area (Å²) in [6, 6.07) is 0. The zero-order valence-corrected chi connectivity index (χ0v) is 9.63. The molecule has 0 atom stereocenters. The van der Waals surface area contributed by atoms with Gasteiger partial charge in [-0.3, -0.25) is 0 Å². The molecule has 0 amide bonds. The Morgan fingerprint density at radius 3 is 1.87 bits per heavy atom. The van der Waals surface area contributed by atoms with Crippen LogP contribution in [0.4, 0.5) is 0 Å². The van der Waals surface area contributed by atoms with E-state index in [1.165, 1.54) is 6.92 Å². The van der Waals surface area contributed by atoms with Crippen LogP contribution in [0.1, 0.15) is 13.8 Å². The molecule has 0 unspecified atom stereocenters. The van der Waals surface area contributed by atoms with Gasteiger partial charge in [-0.05, 0) is 13.8 Å². The van der Waals surface area contributed by atoms with Gasteiger partial charge >= 0.3 is 11.9 Å². The van der Waals surface area contributed by atoms with E-state index in [-0.39, 0.29) is 18.1 Å². The maximum Gasteiger partial charge on any atom is 0.333 e. The van der Waals surface area contributed by atoms with Crippen LogP contribution in [0.15, 0.2) is 24.3 Å². The molecule has 0 radical (unpaired) electrons. The van der Waals surface area contributed by atoms with Crippen LogP contribution in [0.5, 0.6) is 0 Å². The van der Waals surface area contributed by atoms with Crippen molar-refractivity contribution in [1.82, 2.24) is 0 Å². The summed E-state index contributed by atoms with van der Waals surface area (Å²) in [5.74, 6) is -0.982. The van der Waals surface area contributed by atoms with Crippen molar-refractivity contribution in [3.8, 4) is 0 Å². The van der Waals surface area contributed by atoms with Crippen molar-refractivity contribution in [2.24, 2.45) is 0 Å². The van der Waals surface area contributed by atoms with Gasteiger partial charge in [-0.2, -0.15) is 0 Å². The van der Waals surface area contributed by atoms with Gasteiger partial charge in [0.25, 0.3) is 0 Å². The van der Waals surface area contributed by atoms with Crippen molar-refractivity contribution < 1.29 is 19.4 Å². The number of alkyl halides is 1. The molecule has 0 aromatic heterocycles. The van der Waals surface area contributed by atoms with Gasteiger partial charge in [-0.25, -0.2) is 9.59 Å². The standard InChI is InChI=1S/C6H9ClO2.C4H6O2/c1-5(2)6(8)9-4-3-7;1-3(2)4(5)6/h1,3-4H2,2H3;1H2,2H3,(H,5,6). The third-order valence-corrected chi connectivity index (χ3v) is 1.18. The number of carbonyl (C=O) groups excluding carboxylic acids is 1. The van der Waals surface area contributed by atoms with Crippen LogP contribution in [0.3, 0.4) is 0 Å². The zero-order valence-electron chi connectivity index (χ0n) is 8.88. The van der Waals surface area contributed by atoms with Crippen LogP contribution in [0, 0.1) is 0 Å². The number of carbonyl (C=O) groups is 2. The second kappa shape index (κ2) is 9.27. The van der Waals surface area contributed by atoms with E-state index in [1.54, 1.807) is 6.92 Å². The molecule has 0 saturated heterocycles. The van der Waals surface area contributed by atoms with Gasteiger partial charge in [0.05, 0.1) is 5.88 Å². The van der Waals surface area contributed by atoms with E-state index >= 15 is 0 Å². The number of rotatable bonds is 4. The maximum atomic E-state index is 10.5. The Labute approximate surface area is 94.2 Å². The van der Waals surface area contributed by atoms with Gasteiger partial charge in [0.15, 0.2) is 0 Å². The first kappa shape index (κ1) is 16.2. The molecule has 1 N–H and O–H groups in total. The summed E-state index contributed by atoms with van der Waals surface area (Å²) in [7, 11) is 0. The van der Waals surface area contributed by atoms with Gasteiger partial charge in [-0.15, -0.1) is 11.6 Å². The molecule has 0 spiro atoms. The first-order valence-electron chi connectivity index (χ1n) is 4.10. The highest BCUT2D eigenvalue weighted by atomic mass is 35.5. The number of hydrogen-bond acceptors (Lipinski definition) is 3. The number of carboxylic acids is 1. The van der Waals surface area contributed by atoms with Crippen LogP contribution in [0.25, 0.3) is 0 Å². The summed E-state index contributed by atoms with van der Waals surface area (Å²) in [6.45, 7) is 9.84. The summed E-state index contributed by atoms with van der Waals surface area (Å²) >= 11 is 5.24. The second-order valence-corrected chi connectivity index (χ2v) is 3.07. The maximum absolute atomic E-state index is 10.5. The fraction of sp³-hybridized carbons (Fsp3) is 0.400. The van der Waals surface area contributed by atoms with Gasteiger partial charge in [0.1, 0.15) is 6.61 Å². The topological polar surface area (TPSA) is 63.6 Å². The van der Waals surface area contributed by atoms with Crippen LogP contribution < -0.4 is 0 Å². The fourth-order valence-corrected chi connectivity index (χ4v) is 0.332. The molecule has 86 valence electrons. The number of halogens is 1. The third kappa shape index (κ3) is 12.7. The van der Waals surface area contributed by atoms with Gasteiger partial charge < -0.3 is 9.84 Å². The summed E-state index contributed by atoms with van der Waals surface area (Å²) < 4.78 is 4.58. The van der Waals surface area contributed by atoms with Crippen LogP contribution in [-0.4, -0.2) is 29.5 Å². The van der Waals surface area contributed by atoms with Crippen molar-refractivity contribution >= 4 is 23.5 Å². The Hall–Kier alpha value is -1.29. The number of esters is 1. The summed E-state index contributed by atoms with van der Waals surface area (Å²) in [4.78, 5) is 20.1. The lowest BCUT2D eigenvalue weighted by atomic mass is 10.4. The average molecular weight is 235 g/mol. The monoisotopic (exact) mass is 234 g/mol. The van der Waals surface area contributed by atoms with Crippen molar-refractivity contribution in [3.05, 3.63) is 24.3 Å². The minimum Gasteiger partial charge on any atom is -0.478 e. The quantitative estimate of drug-likeness (QED) is 0.459. The molecule has 0 heterocycles. The summed E-state index contributed by atoms with van der Waals surface area (Å²) in [5, 5.41) is 7.89. The lowest BCUT2D eigenvalue weighted by Gasteiger charge is -1.98. The predicted molar refractivity (Wildman–Crippen MR) is 58.9 cm³/mol. The molecule has 15 heavy (non-hydrogen) atoms. The molecule has 0 aromatic carbocycles. The molecule has 0 fully saturated rings. The van der Waals surface area contributed by atoms with E-state index in [4.69, 9.17) is 16.7 Å². The molecular weight excluding hydrogens is 220 g/mol. The number of hydrogen-bond donors (Lipinski definition) is 1. The molecule has 0 rings (SSSR count). The van der Waals surface area contributed by atoms with E-state index < -0.39 is 5.97 Å². The molecule has 0 aliphatic heterocycles. The van der Waals surface area contributed by atoms with Crippen molar-refractivity contribution in [2.75, 3.05) is 12.5 Å². The van der Waals surface area contributed by atoms with E-state index in [0.717, 1.165) is 0 Å². The second-order valence-electron chi connectivity index (χ2n) is 2.69. The Kier molecular flexibility index (Phi) is 9.98. The smallest absolute Gasteiger partial charge is 0.333 e. The third-order valence-electron chi connectivity index (χ3n) is 1.02. The lowest BCUT2D eigenvalue weighted by Crippen LogP contribution is -2.06. The number of aliphatic carboxylic acids is 1. The molecule has 5 heteroatoms. The van der Waals surface area contributed by atoms with Gasteiger partial charge in [-0.1, -0.05) is 13.2 Å². The van der Waals surface area contributed by atoms with Crippen LogP contribution >= 0.6 is 11.6 Å². The normalized spacial score (nSPS) is 8.20. The number of ether oxygens (including phenoxy) is 1. The van der Waals surface area contributed by atoms with Crippen molar-refractivity contribution in [3.63, 3.8) is 0 Å². The lowest BCUT2D eigenvalue weighted by molar-refractivity contribution is -0.138. The Bertz CT molecular complexity index is 246. The van der Waals surface area contributed by atoms with E-state index in [2.05, 4.69) is 17.9 Å². The van der Waals surface area contributed by atoms with Crippen LogP contribution in [-0.2, 0) is 14.3 Å². The largest absolute Gasteiger partial charge is 0.478 e. The highest BCUT2D eigenvalue weighted by molar-refractivity contribution is 6.18. The van der Waals surface area contributed by atoms with Crippen LogP contribution in [0.2, 0.25) is 0 Å². The highest BCUT2D eigenvalue weighted by Crippen LogP contribution is 1.91. The van der Waals surface area contributed by atoms with Gasteiger partial charge in [0.2, 0.25) is 0 Å². The summed E-state index contributed by atoms with van der Waals surface area (Å²) in [5.41, 5.74) is 0.579. The van der Waals surface area contributed by atoms with E-state index in [9.17, 15) is 9.59 Å². The molecule has 0 bridgehead atoms. The minimum atomic E-state index is -0.935. The molecule has 0 aliphatic rings. The summed E-state index contributed by atoms with van der Waals surface area (Å²) in [6.07, 6.45) is 0. The Morgan fingerprint density at radius 2 is 1.67 bits per heavy atom. The molecule has 0 aromatic rings. The minimum absolute atomic E-state index is 0.176. The fourth-order valence-electron chi connectivity index (χ4n) is 0.254. The van der Waals surface area contributed by atoms with Crippen molar-refractivity contribution in [1.29, 1.82) is 0 Å². The Balaban J connectivity index is 0. The first-order chi connectivity index (χ1) is 6.82. The van der Waals surface area contributed by atoms with Gasteiger partial charge in [0, 0.05) is 11.1 Å². The Morgan fingerprint density at radius 1 is 1.27 bits per heavy atom. The molecular formula is C10H15ClO4. The average Bonchev–Trinajstić information content (AvgIpc) is 2.14. The molecule has 0 aliphatic carbocycles. The SMILES string of the molecule is C=C(C)C(=O)O.C=C(C)C(=O)OCCCl.